The van der Waals surface area contributed by atoms with Gasteiger partial charge in [0.2, 0.25) is 5.91 Å². The van der Waals surface area contributed by atoms with E-state index in [0.717, 1.165) is 59.5 Å². The van der Waals surface area contributed by atoms with Crippen LogP contribution in [0.2, 0.25) is 0 Å². The predicted molar refractivity (Wildman–Crippen MR) is 138 cm³/mol. The fourth-order valence-corrected chi connectivity index (χ4v) is 5.25. The number of anilines is 1. The molecule has 194 valence electrons. The molecule has 4 rings (SSSR count). The molecule has 6 nitrogen and oxygen atoms in total. The van der Waals surface area contributed by atoms with Crippen LogP contribution in [0.25, 0.3) is 0 Å². The van der Waals surface area contributed by atoms with Gasteiger partial charge in [0.05, 0.1) is 19.1 Å². The second-order valence-corrected chi connectivity index (χ2v) is 10.0. The lowest BCUT2D eigenvalue weighted by Gasteiger charge is -2.32. The van der Waals surface area contributed by atoms with E-state index < -0.39 is 6.67 Å². The van der Waals surface area contributed by atoms with Crippen molar-refractivity contribution in [2.24, 2.45) is 5.92 Å². The van der Waals surface area contributed by atoms with Crippen LogP contribution >= 0.6 is 0 Å². The van der Waals surface area contributed by atoms with E-state index in [9.17, 15) is 14.0 Å². The number of nitrogens with zero attached hydrogens (tertiary/aromatic N) is 2. The summed E-state index contributed by atoms with van der Waals surface area (Å²) in [6.45, 7) is 8.54. The van der Waals surface area contributed by atoms with Gasteiger partial charge >= 0.3 is 5.97 Å². The van der Waals surface area contributed by atoms with E-state index >= 15 is 0 Å². The van der Waals surface area contributed by atoms with Crippen LogP contribution in [0.4, 0.5) is 10.1 Å². The molecule has 36 heavy (non-hydrogen) atoms. The maximum Gasteiger partial charge on any atom is 0.310 e. The zero-order valence-corrected chi connectivity index (χ0v) is 21.6. The summed E-state index contributed by atoms with van der Waals surface area (Å²) in [5.74, 6) is 0.758. The minimum atomic E-state index is -0.481. The number of carbonyl (C=O) groups excluding carboxylic acids is 2. The van der Waals surface area contributed by atoms with Gasteiger partial charge in [-0.1, -0.05) is 26.0 Å². The van der Waals surface area contributed by atoms with Crippen molar-refractivity contribution in [3.63, 3.8) is 0 Å². The quantitative estimate of drug-likeness (QED) is 0.456. The molecule has 2 aliphatic rings. The zero-order valence-electron chi connectivity index (χ0n) is 21.6. The summed E-state index contributed by atoms with van der Waals surface area (Å²) < 4.78 is 24.7. The third-order valence-corrected chi connectivity index (χ3v) is 7.11. The molecule has 0 radical (unpaired) electrons. The Kier molecular flexibility index (Phi) is 8.62. The molecule has 1 saturated heterocycles. The monoisotopic (exact) mass is 496 g/mol. The van der Waals surface area contributed by atoms with E-state index in [1.807, 2.05) is 48.2 Å². The third-order valence-electron chi connectivity index (χ3n) is 7.11. The first-order chi connectivity index (χ1) is 17.4. The SMILES string of the molecule is CCOC(=O)[C@@H]1CCCN(CC(=O)N2CCc3cc(OCc4ccc(C(C)C)c(CF)c4)ccc32)C1. The molecular formula is C29H37FN2O4. The van der Waals surface area contributed by atoms with E-state index in [4.69, 9.17) is 9.47 Å². The maximum absolute atomic E-state index is 13.5. The molecule has 0 bridgehead atoms. The first-order valence-corrected chi connectivity index (χ1v) is 13.0. The number of alkyl halides is 1. The molecule has 0 unspecified atom stereocenters. The number of fused-ring (bicyclic) bond motifs is 1. The molecule has 0 spiro atoms. The molecule has 2 heterocycles. The second kappa shape index (κ2) is 11.9. The highest BCUT2D eigenvalue weighted by Crippen LogP contribution is 2.32. The van der Waals surface area contributed by atoms with Gasteiger partial charge in [-0.05, 0) is 85.2 Å². The Balaban J connectivity index is 1.35. The van der Waals surface area contributed by atoms with E-state index in [2.05, 4.69) is 18.7 Å². The molecule has 0 saturated carbocycles. The lowest BCUT2D eigenvalue weighted by atomic mass is 9.96. The van der Waals surface area contributed by atoms with Crippen molar-refractivity contribution in [2.75, 3.05) is 37.7 Å². The van der Waals surface area contributed by atoms with E-state index in [1.54, 1.807) is 0 Å². The fraction of sp³-hybridized carbons (Fsp3) is 0.517. The van der Waals surface area contributed by atoms with Gasteiger partial charge in [-0.25, -0.2) is 4.39 Å². The molecule has 0 aliphatic carbocycles. The van der Waals surface area contributed by atoms with Crippen LogP contribution in [-0.2, 0) is 34.0 Å². The maximum atomic E-state index is 13.5. The Hall–Kier alpha value is -2.93. The second-order valence-electron chi connectivity index (χ2n) is 10.0. The third kappa shape index (κ3) is 6.06. The van der Waals surface area contributed by atoms with Gasteiger partial charge in [0.1, 0.15) is 19.0 Å². The van der Waals surface area contributed by atoms with Crippen LogP contribution in [-0.4, -0.2) is 49.6 Å². The van der Waals surface area contributed by atoms with Crippen molar-refractivity contribution in [2.45, 2.75) is 59.2 Å². The Morgan fingerprint density at radius 1 is 1.14 bits per heavy atom. The first-order valence-electron chi connectivity index (χ1n) is 13.0. The van der Waals surface area contributed by atoms with Gasteiger partial charge < -0.3 is 14.4 Å². The number of benzene rings is 2. The van der Waals surface area contributed by atoms with Crippen molar-refractivity contribution in [1.82, 2.24) is 4.90 Å². The summed E-state index contributed by atoms with van der Waals surface area (Å²) >= 11 is 0. The van der Waals surface area contributed by atoms with Crippen LogP contribution in [0, 0.1) is 5.92 Å². The molecule has 1 atom stereocenters. The number of hydrogen-bond acceptors (Lipinski definition) is 5. The lowest BCUT2D eigenvalue weighted by Crippen LogP contribution is -2.45. The van der Waals surface area contributed by atoms with Crippen LogP contribution in [0.5, 0.6) is 5.75 Å². The Bertz CT molecular complexity index is 1090. The van der Waals surface area contributed by atoms with Crippen molar-refractivity contribution >= 4 is 17.6 Å². The van der Waals surface area contributed by atoms with E-state index in [0.29, 0.717) is 32.8 Å². The molecule has 1 fully saturated rings. The molecule has 7 heteroatoms. The minimum absolute atomic E-state index is 0.0518. The molecule has 2 aliphatic heterocycles. The first kappa shape index (κ1) is 26.1. The van der Waals surface area contributed by atoms with Gasteiger partial charge in [0, 0.05) is 18.8 Å². The Morgan fingerprint density at radius 3 is 2.72 bits per heavy atom. The number of ether oxygens (including phenoxy) is 2. The summed E-state index contributed by atoms with van der Waals surface area (Å²) in [5.41, 5.74) is 4.70. The molecule has 1 amide bonds. The average Bonchev–Trinajstić information content (AvgIpc) is 3.31. The van der Waals surface area contributed by atoms with Crippen molar-refractivity contribution < 1.29 is 23.5 Å². The smallest absolute Gasteiger partial charge is 0.310 e. The summed E-state index contributed by atoms with van der Waals surface area (Å²) in [6.07, 6.45) is 2.48. The number of hydrogen-bond donors (Lipinski definition) is 0. The molecule has 0 aromatic heterocycles. The number of rotatable bonds is 9. The highest BCUT2D eigenvalue weighted by atomic mass is 19.1. The van der Waals surface area contributed by atoms with Gasteiger partial charge in [-0.2, -0.15) is 0 Å². The number of piperidine rings is 1. The Morgan fingerprint density at radius 2 is 1.97 bits per heavy atom. The van der Waals surface area contributed by atoms with Crippen molar-refractivity contribution in [3.05, 3.63) is 58.7 Å². The number of halogens is 1. The molecule has 2 aromatic rings. The highest BCUT2D eigenvalue weighted by Gasteiger charge is 2.31. The van der Waals surface area contributed by atoms with Gasteiger partial charge in [-0.15, -0.1) is 0 Å². The largest absolute Gasteiger partial charge is 0.489 e. The van der Waals surface area contributed by atoms with E-state index in [1.165, 1.54) is 0 Å². The normalized spacial score (nSPS) is 17.8. The molecule has 0 N–H and O–H groups in total. The number of amides is 1. The van der Waals surface area contributed by atoms with Crippen molar-refractivity contribution in [3.8, 4) is 5.75 Å². The van der Waals surface area contributed by atoms with Gasteiger partial charge in [0.15, 0.2) is 0 Å². The van der Waals surface area contributed by atoms with Crippen LogP contribution in [0.1, 0.15) is 61.8 Å². The fourth-order valence-electron chi connectivity index (χ4n) is 5.25. The van der Waals surface area contributed by atoms with Crippen LogP contribution in [0.3, 0.4) is 0 Å². The molecule has 2 aromatic carbocycles. The average molecular weight is 497 g/mol. The summed E-state index contributed by atoms with van der Waals surface area (Å²) in [4.78, 5) is 29.1. The van der Waals surface area contributed by atoms with Crippen molar-refractivity contribution in [1.29, 1.82) is 0 Å². The van der Waals surface area contributed by atoms with E-state index in [-0.39, 0.29) is 23.7 Å². The van der Waals surface area contributed by atoms with Crippen LogP contribution in [0.15, 0.2) is 36.4 Å². The van der Waals surface area contributed by atoms with Gasteiger partial charge in [-0.3, -0.25) is 14.5 Å². The number of esters is 1. The zero-order chi connectivity index (χ0) is 25.7. The standard InChI is InChI=1S/C29H37FN2O4/c1-4-35-29(34)23-6-5-12-31(17-23)18-28(33)32-13-11-22-15-25(8-10-27(22)32)36-19-21-7-9-26(20(2)3)24(14-21)16-30/h7-10,14-15,20,23H,4-6,11-13,16-19H2,1-3H3/t23-/m1/s1. The topological polar surface area (TPSA) is 59.1 Å². The van der Waals surface area contributed by atoms with Gasteiger partial charge in [0.25, 0.3) is 0 Å². The number of likely N-dealkylation sites (tertiary alicyclic amines) is 1. The predicted octanol–water partition coefficient (Wildman–Crippen LogP) is 5.02. The molecular weight excluding hydrogens is 459 g/mol. The minimum Gasteiger partial charge on any atom is -0.489 e. The summed E-state index contributed by atoms with van der Waals surface area (Å²) in [7, 11) is 0. The number of carbonyl (C=O) groups is 2. The summed E-state index contributed by atoms with van der Waals surface area (Å²) in [5, 5.41) is 0. The van der Waals surface area contributed by atoms with Crippen LogP contribution < -0.4 is 9.64 Å². The Labute approximate surface area is 213 Å². The lowest BCUT2D eigenvalue weighted by molar-refractivity contribution is -0.150. The summed E-state index contributed by atoms with van der Waals surface area (Å²) in [6, 6.07) is 11.7. The highest BCUT2D eigenvalue weighted by molar-refractivity contribution is 5.97.